The van der Waals surface area contributed by atoms with Gasteiger partial charge in [-0.2, -0.15) is 20.1 Å². The second-order valence-corrected chi connectivity index (χ2v) is 8.33. The van der Waals surface area contributed by atoms with Crippen LogP contribution in [0.25, 0.3) is 11.3 Å². The van der Waals surface area contributed by atoms with Crippen LogP contribution >= 0.6 is 11.6 Å². The second kappa shape index (κ2) is 11.4. The quantitative estimate of drug-likeness (QED) is 0.104. The molecule has 0 saturated carbocycles. The minimum atomic E-state index is -0.515. The number of para-hydroxylation sites is 1. The van der Waals surface area contributed by atoms with Crippen molar-refractivity contribution in [2.45, 2.75) is 0 Å². The summed E-state index contributed by atoms with van der Waals surface area (Å²) in [7, 11) is 0. The molecule has 194 valence electrons. The Balaban J connectivity index is 1.35. The van der Waals surface area contributed by atoms with E-state index in [0.717, 1.165) is 5.69 Å². The largest absolute Gasteiger partial charge is 0.455 e. The van der Waals surface area contributed by atoms with Gasteiger partial charge in [0.1, 0.15) is 17.3 Å². The number of nitrogens with zero attached hydrogens (tertiary/aromatic N) is 5. The number of benzene rings is 3. The number of hydrogen-bond acceptors (Lipinski definition) is 10. The average Bonchev–Trinajstić information content (AvgIpc) is 3.40. The number of hydrazone groups is 1. The van der Waals surface area contributed by atoms with E-state index in [1.54, 1.807) is 30.3 Å². The molecular formula is C26H18ClFN8O3. The van der Waals surface area contributed by atoms with Gasteiger partial charge in [-0.05, 0) is 54.6 Å². The van der Waals surface area contributed by atoms with E-state index in [1.165, 1.54) is 30.5 Å². The molecular weight excluding hydrogens is 527 g/mol. The molecule has 0 radical (unpaired) electrons. The number of non-ortho nitro benzene ring substituents is 1. The summed E-state index contributed by atoms with van der Waals surface area (Å²) in [5, 5.41) is 21.2. The van der Waals surface area contributed by atoms with Gasteiger partial charge >= 0.3 is 0 Å². The molecule has 2 heterocycles. The van der Waals surface area contributed by atoms with Gasteiger partial charge in [0.2, 0.25) is 17.8 Å². The molecule has 0 aliphatic carbocycles. The number of aromatic nitrogens is 3. The lowest BCUT2D eigenvalue weighted by Gasteiger charge is -2.10. The zero-order chi connectivity index (χ0) is 27.2. The molecule has 13 heteroatoms. The molecule has 0 aliphatic rings. The van der Waals surface area contributed by atoms with Gasteiger partial charge < -0.3 is 15.1 Å². The van der Waals surface area contributed by atoms with E-state index in [1.807, 2.05) is 30.3 Å². The van der Waals surface area contributed by atoms with E-state index < -0.39 is 10.7 Å². The zero-order valence-electron chi connectivity index (χ0n) is 19.9. The molecule has 0 aliphatic heterocycles. The number of nitrogens with one attached hydrogen (secondary N) is 3. The van der Waals surface area contributed by atoms with Crippen LogP contribution in [0.15, 0.2) is 94.4 Å². The summed E-state index contributed by atoms with van der Waals surface area (Å²) in [4.78, 5) is 23.5. The first-order chi connectivity index (χ1) is 18.9. The van der Waals surface area contributed by atoms with Gasteiger partial charge in [0.25, 0.3) is 5.69 Å². The molecule has 0 atom stereocenters. The summed E-state index contributed by atoms with van der Waals surface area (Å²) in [5.74, 6) is 0.900. The van der Waals surface area contributed by atoms with E-state index in [9.17, 15) is 14.5 Å². The van der Waals surface area contributed by atoms with E-state index in [4.69, 9.17) is 16.0 Å². The zero-order valence-corrected chi connectivity index (χ0v) is 20.6. The first-order valence-corrected chi connectivity index (χ1v) is 11.7. The topological polar surface area (TPSA) is 143 Å². The Morgan fingerprint density at radius 1 is 0.872 bits per heavy atom. The Morgan fingerprint density at radius 2 is 1.54 bits per heavy atom. The van der Waals surface area contributed by atoms with E-state index in [0.29, 0.717) is 22.8 Å². The molecule has 3 aromatic carbocycles. The molecule has 39 heavy (non-hydrogen) atoms. The summed E-state index contributed by atoms with van der Waals surface area (Å²) in [6, 6.07) is 22.8. The van der Waals surface area contributed by atoms with Crippen LogP contribution in [0, 0.1) is 15.9 Å². The van der Waals surface area contributed by atoms with Crippen LogP contribution < -0.4 is 16.1 Å². The van der Waals surface area contributed by atoms with Crippen LogP contribution in [-0.2, 0) is 0 Å². The van der Waals surface area contributed by atoms with Gasteiger partial charge in [0.05, 0.1) is 16.2 Å². The Labute approximate surface area is 225 Å². The Hall–Kier alpha value is -5.36. The van der Waals surface area contributed by atoms with Gasteiger partial charge in [0.15, 0.2) is 0 Å². The molecule has 5 rings (SSSR count). The number of halogens is 2. The third-order valence-electron chi connectivity index (χ3n) is 5.19. The highest BCUT2D eigenvalue weighted by Gasteiger charge is 2.10. The van der Waals surface area contributed by atoms with Crippen LogP contribution in [0.4, 0.5) is 39.3 Å². The van der Waals surface area contributed by atoms with Crippen LogP contribution in [0.3, 0.4) is 0 Å². The van der Waals surface area contributed by atoms with Crippen molar-refractivity contribution < 1.29 is 13.7 Å². The summed E-state index contributed by atoms with van der Waals surface area (Å²) in [6.07, 6.45) is 1.42. The van der Waals surface area contributed by atoms with Gasteiger partial charge in [-0.1, -0.05) is 29.8 Å². The molecule has 0 saturated heterocycles. The average molecular weight is 545 g/mol. The number of anilines is 5. The van der Waals surface area contributed by atoms with Gasteiger partial charge in [0, 0.05) is 29.1 Å². The molecule has 0 spiro atoms. The Kier molecular flexibility index (Phi) is 7.37. The normalized spacial score (nSPS) is 10.9. The Morgan fingerprint density at radius 3 is 2.21 bits per heavy atom. The van der Waals surface area contributed by atoms with Crippen LogP contribution in [0.2, 0.25) is 5.02 Å². The van der Waals surface area contributed by atoms with E-state index in [2.05, 4.69) is 36.1 Å². The Bertz CT molecular complexity index is 1650. The van der Waals surface area contributed by atoms with Crippen molar-refractivity contribution in [2.24, 2.45) is 5.10 Å². The van der Waals surface area contributed by atoms with Crippen molar-refractivity contribution in [1.82, 2.24) is 15.0 Å². The first-order valence-electron chi connectivity index (χ1n) is 11.4. The molecule has 0 bridgehead atoms. The fourth-order valence-electron chi connectivity index (χ4n) is 3.36. The maximum absolute atomic E-state index is 13.5. The highest BCUT2D eigenvalue weighted by molar-refractivity contribution is 6.31. The molecule has 11 nitrogen and oxygen atoms in total. The maximum Gasteiger partial charge on any atom is 0.269 e. The fourth-order valence-corrected chi connectivity index (χ4v) is 3.54. The van der Waals surface area contributed by atoms with Crippen molar-refractivity contribution in [3.8, 4) is 11.3 Å². The lowest BCUT2D eigenvalue weighted by molar-refractivity contribution is -0.384. The van der Waals surface area contributed by atoms with Gasteiger partial charge in [-0.15, -0.1) is 0 Å². The first kappa shape index (κ1) is 25.3. The summed E-state index contributed by atoms with van der Waals surface area (Å²) < 4.78 is 19.2. The number of nitro benzene ring substituents is 1. The summed E-state index contributed by atoms with van der Waals surface area (Å²) in [6.45, 7) is 0. The molecule has 3 N–H and O–H groups in total. The standard InChI is InChI=1S/C26H18ClFN8O3/c27-21-14-16(6-12-22(21)28)23-13-11-20(39-23)15-29-35-26-33-24(30-17-4-2-1-3-5-17)32-25(34-26)31-18-7-9-19(10-8-18)36(37)38/h1-15H,(H3,30,31,32,33,34,35)/b29-15+. The third kappa shape index (κ3) is 6.50. The highest BCUT2D eigenvalue weighted by atomic mass is 35.5. The van der Waals surface area contributed by atoms with Gasteiger partial charge in [-0.3, -0.25) is 10.1 Å². The summed E-state index contributed by atoms with van der Waals surface area (Å²) >= 11 is 5.86. The number of rotatable bonds is 9. The van der Waals surface area contributed by atoms with Crippen LogP contribution in [0.5, 0.6) is 0 Å². The van der Waals surface area contributed by atoms with E-state index >= 15 is 0 Å². The summed E-state index contributed by atoms with van der Waals surface area (Å²) in [5.41, 5.74) is 4.61. The van der Waals surface area contributed by atoms with Crippen molar-refractivity contribution in [3.63, 3.8) is 0 Å². The fraction of sp³-hybridized carbons (Fsp3) is 0. The van der Waals surface area contributed by atoms with Crippen LogP contribution in [-0.4, -0.2) is 26.1 Å². The molecule has 2 aromatic heterocycles. The number of furan rings is 1. The lowest BCUT2D eigenvalue weighted by atomic mass is 10.2. The molecule has 0 unspecified atom stereocenters. The monoisotopic (exact) mass is 544 g/mol. The predicted octanol–water partition coefficient (Wildman–Crippen LogP) is 6.77. The van der Waals surface area contributed by atoms with Crippen molar-refractivity contribution in [3.05, 3.63) is 112 Å². The van der Waals surface area contributed by atoms with Gasteiger partial charge in [-0.25, -0.2) is 9.82 Å². The lowest BCUT2D eigenvalue weighted by Crippen LogP contribution is -2.07. The van der Waals surface area contributed by atoms with E-state index in [-0.39, 0.29) is 28.6 Å². The molecule has 0 fully saturated rings. The SMILES string of the molecule is O=[N+]([O-])c1ccc(Nc2nc(N/N=C/c3ccc(-c4ccc(F)c(Cl)c4)o3)nc(Nc3ccccc3)n2)cc1. The minimum Gasteiger partial charge on any atom is -0.455 e. The van der Waals surface area contributed by atoms with Crippen molar-refractivity contribution >= 4 is 52.7 Å². The minimum absolute atomic E-state index is 0.00586. The number of nitro groups is 1. The number of hydrogen-bond donors (Lipinski definition) is 3. The highest BCUT2D eigenvalue weighted by Crippen LogP contribution is 2.26. The predicted molar refractivity (Wildman–Crippen MR) is 146 cm³/mol. The smallest absolute Gasteiger partial charge is 0.269 e. The maximum atomic E-state index is 13.5. The van der Waals surface area contributed by atoms with Crippen molar-refractivity contribution in [2.75, 3.05) is 16.1 Å². The molecule has 0 amide bonds. The van der Waals surface area contributed by atoms with Crippen LogP contribution in [0.1, 0.15) is 5.76 Å². The van der Waals surface area contributed by atoms with Crippen molar-refractivity contribution in [1.29, 1.82) is 0 Å². The molecule has 5 aromatic rings. The third-order valence-corrected chi connectivity index (χ3v) is 5.48. The second-order valence-electron chi connectivity index (χ2n) is 7.93.